The van der Waals surface area contributed by atoms with Crippen molar-refractivity contribution in [2.75, 3.05) is 0 Å². The summed E-state index contributed by atoms with van der Waals surface area (Å²) in [5.74, 6) is 2.81. The molecule has 0 bridgehead atoms. The van der Waals surface area contributed by atoms with Crippen LogP contribution in [0.5, 0.6) is 0 Å². The highest BCUT2D eigenvalue weighted by Crippen LogP contribution is 2.42. The topological polar surface area (TPSA) is 26.3 Å². The van der Waals surface area contributed by atoms with E-state index in [9.17, 15) is 4.79 Å². The summed E-state index contributed by atoms with van der Waals surface area (Å²) in [6.07, 6.45) is 8.50. The van der Waals surface area contributed by atoms with E-state index in [1.807, 2.05) is 0 Å². The van der Waals surface area contributed by atoms with Crippen molar-refractivity contribution in [3.05, 3.63) is 34.4 Å². The highest BCUT2D eigenvalue weighted by atomic mass is 127. The molecular weight excluding hydrogens is 419 g/mol. The van der Waals surface area contributed by atoms with E-state index in [0.29, 0.717) is 0 Å². The van der Waals surface area contributed by atoms with Crippen LogP contribution in [0.2, 0.25) is 0 Å². The molecule has 1 aromatic rings. The maximum Gasteiger partial charge on any atom is 0.193 e. The summed E-state index contributed by atoms with van der Waals surface area (Å²) in [5.41, 5.74) is 5.07. The van der Waals surface area contributed by atoms with E-state index in [1.54, 1.807) is 0 Å². The summed E-state index contributed by atoms with van der Waals surface area (Å²) in [7, 11) is 1.27. The summed E-state index contributed by atoms with van der Waals surface area (Å²) >= 11 is 2.09. The molecule has 0 spiro atoms. The number of Topliss-reactive ketones (excluding diaryl/α,β-unsaturated/α-hetero) is 1. The Labute approximate surface area is 154 Å². The number of ketones is 1. The average Bonchev–Trinajstić information content (AvgIpc) is 3.08. The van der Waals surface area contributed by atoms with Crippen molar-refractivity contribution in [3.63, 3.8) is 0 Å². The fourth-order valence-electron chi connectivity index (χ4n) is 4.83. The lowest BCUT2D eigenvalue weighted by Crippen LogP contribution is -2.21. The maximum absolute atomic E-state index is 12.5. The normalized spacial score (nSPS) is 32.9. The second-order valence-electron chi connectivity index (χ2n) is 7.68. The predicted molar refractivity (Wildman–Crippen MR) is 103 cm³/mol. The number of hydrogen-bond acceptors (Lipinski definition) is 3. The Balaban J connectivity index is 1.50. The van der Waals surface area contributed by atoms with E-state index < -0.39 is 0 Å². The van der Waals surface area contributed by atoms with Gasteiger partial charge in [0.05, 0.1) is 9.21 Å². The summed E-state index contributed by atoms with van der Waals surface area (Å²) in [6.45, 7) is 2.39. The molecular formula is C19H23IO2S. The Morgan fingerprint density at radius 2 is 1.70 bits per heavy atom. The van der Waals surface area contributed by atoms with Crippen LogP contribution in [-0.4, -0.2) is 11.9 Å². The number of carbonyl (C=O) groups excluding carboxylic acids is 1. The lowest BCUT2D eigenvalue weighted by Gasteiger charge is -2.30. The monoisotopic (exact) mass is 442 g/mol. The molecule has 0 saturated heterocycles. The number of hydrogen-bond donors (Lipinski definition) is 0. The van der Waals surface area contributed by atoms with E-state index in [4.69, 9.17) is 4.18 Å². The fraction of sp³-hybridized carbons (Fsp3) is 0.632. The molecule has 4 heteroatoms. The van der Waals surface area contributed by atoms with Crippen LogP contribution in [0.4, 0.5) is 0 Å². The van der Waals surface area contributed by atoms with E-state index in [-0.39, 0.29) is 11.9 Å². The standard InChI is InChI=1S/C19H23IO2S/c1-11-2-4-12(5-3-11)13-6-14-8-16-10-18(22-23-20)19(21)17(16)9-15(14)7-13/h8-9,11-13,18H,2-7,10H2,1H3. The first-order valence-corrected chi connectivity index (χ1v) is 12.1. The fourth-order valence-corrected chi connectivity index (χ4v) is 5.83. The van der Waals surface area contributed by atoms with Crippen molar-refractivity contribution in [1.29, 1.82) is 0 Å². The number of carbonyl (C=O) groups is 1. The van der Waals surface area contributed by atoms with Gasteiger partial charge in [-0.05, 0) is 66.2 Å². The second kappa shape index (κ2) is 6.68. The molecule has 4 rings (SSSR count). The number of rotatable bonds is 3. The number of benzene rings is 1. The van der Waals surface area contributed by atoms with Gasteiger partial charge in [-0.1, -0.05) is 25.8 Å². The minimum atomic E-state index is -0.273. The first-order chi connectivity index (χ1) is 11.2. The van der Waals surface area contributed by atoms with Gasteiger partial charge in [0.25, 0.3) is 0 Å². The van der Waals surface area contributed by atoms with Gasteiger partial charge < -0.3 is 0 Å². The van der Waals surface area contributed by atoms with E-state index in [0.717, 1.165) is 29.7 Å². The van der Waals surface area contributed by atoms with Gasteiger partial charge in [0.15, 0.2) is 5.78 Å². The van der Waals surface area contributed by atoms with Crippen LogP contribution in [0.1, 0.15) is 59.7 Å². The molecule has 1 saturated carbocycles. The molecule has 0 amide bonds. The molecule has 2 nitrogen and oxygen atoms in total. The zero-order valence-electron chi connectivity index (χ0n) is 13.5. The zero-order valence-corrected chi connectivity index (χ0v) is 16.5. The largest absolute Gasteiger partial charge is 0.293 e. The SMILES string of the molecule is CC1CCC(C2Cc3cc4c(cc3C2)C(=O)C(OSI)C4)CC1. The molecule has 0 aliphatic heterocycles. The van der Waals surface area contributed by atoms with Gasteiger partial charge in [0.2, 0.25) is 0 Å². The Bertz CT molecular complexity index is 622. The average molecular weight is 442 g/mol. The smallest absolute Gasteiger partial charge is 0.193 e. The maximum atomic E-state index is 12.5. The number of fused-ring (bicyclic) bond motifs is 2. The quantitative estimate of drug-likeness (QED) is 0.467. The molecule has 3 aliphatic rings. The molecule has 0 aromatic heterocycles. The Morgan fingerprint density at radius 1 is 1.00 bits per heavy atom. The highest BCUT2D eigenvalue weighted by Gasteiger charge is 2.36. The molecule has 1 fully saturated rings. The minimum Gasteiger partial charge on any atom is -0.293 e. The summed E-state index contributed by atoms with van der Waals surface area (Å²) < 4.78 is 5.51. The zero-order chi connectivity index (χ0) is 16.0. The van der Waals surface area contributed by atoms with Crippen molar-refractivity contribution < 1.29 is 8.98 Å². The third-order valence-corrected chi connectivity index (χ3v) is 7.16. The van der Waals surface area contributed by atoms with Crippen LogP contribution in [0.25, 0.3) is 0 Å². The van der Waals surface area contributed by atoms with Crippen LogP contribution >= 0.6 is 30.4 Å². The van der Waals surface area contributed by atoms with Gasteiger partial charge in [0, 0.05) is 33.2 Å². The molecule has 23 heavy (non-hydrogen) atoms. The molecule has 124 valence electrons. The molecule has 0 heterocycles. The van der Waals surface area contributed by atoms with Crippen LogP contribution in [-0.2, 0) is 23.4 Å². The number of halogens is 1. The van der Waals surface area contributed by atoms with Gasteiger partial charge in [0.1, 0.15) is 6.10 Å². The lowest BCUT2D eigenvalue weighted by molar-refractivity contribution is 0.0854. The second-order valence-corrected chi connectivity index (χ2v) is 9.08. The summed E-state index contributed by atoms with van der Waals surface area (Å²) in [4.78, 5) is 12.5. The Morgan fingerprint density at radius 3 is 2.39 bits per heavy atom. The van der Waals surface area contributed by atoms with Gasteiger partial charge in [-0.2, -0.15) is 0 Å². The van der Waals surface area contributed by atoms with E-state index in [2.05, 4.69) is 40.3 Å². The van der Waals surface area contributed by atoms with Crippen molar-refractivity contribution in [1.82, 2.24) is 0 Å². The Hall–Kier alpha value is -0.0700. The van der Waals surface area contributed by atoms with Gasteiger partial charge in [-0.15, -0.1) is 0 Å². The van der Waals surface area contributed by atoms with Crippen LogP contribution < -0.4 is 0 Å². The molecule has 1 aromatic carbocycles. The van der Waals surface area contributed by atoms with Gasteiger partial charge in [-0.25, -0.2) is 0 Å². The van der Waals surface area contributed by atoms with Crippen LogP contribution in [0, 0.1) is 17.8 Å². The predicted octanol–water partition coefficient (Wildman–Crippen LogP) is 5.35. The third-order valence-electron chi connectivity index (χ3n) is 6.23. The minimum absolute atomic E-state index is 0.182. The molecule has 2 atom stereocenters. The highest BCUT2D eigenvalue weighted by molar-refractivity contribution is 14.2. The first kappa shape index (κ1) is 16.4. The van der Waals surface area contributed by atoms with Gasteiger partial charge >= 0.3 is 0 Å². The molecule has 3 aliphatic carbocycles. The van der Waals surface area contributed by atoms with Crippen molar-refractivity contribution in [2.45, 2.75) is 58.0 Å². The molecule has 0 radical (unpaired) electrons. The van der Waals surface area contributed by atoms with Crippen molar-refractivity contribution >= 4 is 36.2 Å². The summed E-state index contributed by atoms with van der Waals surface area (Å²) in [6, 6.07) is 4.51. The van der Waals surface area contributed by atoms with Crippen molar-refractivity contribution in [2.24, 2.45) is 17.8 Å². The first-order valence-electron chi connectivity index (χ1n) is 8.78. The van der Waals surface area contributed by atoms with Crippen LogP contribution in [0.3, 0.4) is 0 Å². The van der Waals surface area contributed by atoms with Crippen molar-refractivity contribution in [3.8, 4) is 0 Å². The van der Waals surface area contributed by atoms with Crippen LogP contribution in [0.15, 0.2) is 12.1 Å². The lowest BCUT2D eigenvalue weighted by atomic mass is 9.75. The van der Waals surface area contributed by atoms with E-state index in [1.165, 1.54) is 64.4 Å². The Kier molecular flexibility index (Phi) is 4.76. The summed E-state index contributed by atoms with van der Waals surface area (Å²) in [5, 5.41) is 0. The van der Waals surface area contributed by atoms with Gasteiger partial charge in [-0.3, -0.25) is 8.98 Å². The van der Waals surface area contributed by atoms with E-state index >= 15 is 0 Å². The molecule has 0 N–H and O–H groups in total. The third kappa shape index (κ3) is 3.11. The molecule has 2 unspecified atom stereocenters.